The molecule has 34 heavy (non-hydrogen) atoms. The third-order valence-corrected chi connectivity index (χ3v) is 5.83. The summed E-state index contributed by atoms with van der Waals surface area (Å²) in [4.78, 5) is 10.9. The molecule has 2 heterocycles. The fraction of sp³-hybridized carbons (Fsp3) is 0.360. The van der Waals surface area contributed by atoms with E-state index in [4.69, 9.17) is 9.47 Å². The molecule has 1 atom stereocenters. The first-order valence-corrected chi connectivity index (χ1v) is 11.2. The van der Waals surface area contributed by atoms with Gasteiger partial charge < -0.3 is 29.6 Å². The molecule has 0 aliphatic carbocycles. The van der Waals surface area contributed by atoms with Crippen LogP contribution in [-0.4, -0.2) is 55.9 Å². The number of guanidine groups is 1. The molecule has 1 saturated heterocycles. The molecule has 2 N–H and O–H groups in total. The number of ether oxygens (including phenoxy) is 2. The van der Waals surface area contributed by atoms with Gasteiger partial charge in [0, 0.05) is 75.5 Å². The fourth-order valence-corrected chi connectivity index (χ4v) is 4.09. The lowest BCUT2D eigenvalue weighted by Gasteiger charge is -2.21. The molecular formula is C25H33IN6O2. The molecule has 0 amide bonds. The van der Waals surface area contributed by atoms with Crippen LogP contribution in [-0.2, 0) is 13.1 Å². The van der Waals surface area contributed by atoms with Crippen molar-refractivity contribution in [2.24, 2.45) is 4.99 Å². The first-order chi connectivity index (χ1) is 16.2. The first kappa shape index (κ1) is 25.7. The van der Waals surface area contributed by atoms with E-state index in [9.17, 15) is 0 Å². The molecule has 182 valence electrons. The van der Waals surface area contributed by atoms with Crippen LogP contribution in [0.3, 0.4) is 0 Å². The van der Waals surface area contributed by atoms with Crippen molar-refractivity contribution in [2.75, 3.05) is 39.3 Å². The Morgan fingerprint density at radius 2 is 1.88 bits per heavy atom. The van der Waals surface area contributed by atoms with Gasteiger partial charge in [-0.3, -0.25) is 4.99 Å². The molecule has 8 nitrogen and oxygen atoms in total. The second-order valence-corrected chi connectivity index (χ2v) is 8.13. The number of nitrogens with zero attached hydrogens (tertiary/aromatic N) is 4. The number of aromatic nitrogens is 2. The summed E-state index contributed by atoms with van der Waals surface area (Å²) in [5, 5.41) is 7.02. The van der Waals surface area contributed by atoms with Crippen molar-refractivity contribution >= 4 is 35.6 Å². The molecule has 2 aromatic carbocycles. The minimum Gasteiger partial charge on any atom is -0.497 e. The topological polar surface area (TPSA) is 75.9 Å². The van der Waals surface area contributed by atoms with Crippen molar-refractivity contribution in [1.29, 1.82) is 0 Å². The SMILES string of the molecule is CN=C(NCc1cccc(Cn2ccnc2)c1)NC1CCN(c2cc(OC)cc(OC)c2)C1.I. The van der Waals surface area contributed by atoms with Gasteiger partial charge in [0.15, 0.2) is 5.96 Å². The molecule has 0 bridgehead atoms. The second-order valence-electron chi connectivity index (χ2n) is 8.13. The molecule has 0 saturated carbocycles. The molecule has 1 aliphatic rings. The van der Waals surface area contributed by atoms with E-state index in [1.165, 1.54) is 11.1 Å². The quantitative estimate of drug-likeness (QED) is 0.243. The van der Waals surface area contributed by atoms with Gasteiger partial charge in [0.05, 0.1) is 20.5 Å². The van der Waals surface area contributed by atoms with Gasteiger partial charge in [-0.2, -0.15) is 0 Å². The fourth-order valence-electron chi connectivity index (χ4n) is 4.09. The van der Waals surface area contributed by atoms with E-state index in [0.29, 0.717) is 12.6 Å². The number of rotatable bonds is 8. The Hall–Kier alpha value is -2.95. The largest absolute Gasteiger partial charge is 0.497 e. The van der Waals surface area contributed by atoms with Gasteiger partial charge >= 0.3 is 0 Å². The summed E-state index contributed by atoms with van der Waals surface area (Å²) >= 11 is 0. The lowest BCUT2D eigenvalue weighted by atomic mass is 10.1. The van der Waals surface area contributed by atoms with E-state index in [0.717, 1.165) is 49.2 Å². The normalized spacial score (nSPS) is 15.6. The number of imidazole rings is 1. The maximum absolute atomic E-state index is 5.42. The van der Waals surface area contributed by atoms with Crippen LogP contribution in [0.25, 0.3) is 0 Å². The van der Waals surface area contributed by atoms with Crippen molar-refractivity contribution in [1.82, 2.24) is 20.2 Å². The summed E-state index contributed by atoms with van der Waals surface area (Å²) in [7, 11) is 5.16. The Morgan fingerprint density at radius 3 is 2.56 bits per heavy atom. The lowest BCUT2D eigenvalue weighted by Crippen LogP contribution is -2.44. The Kier molecular flexibility index (Phi) is 9.43. The zero-order valence-electron chi connectivity index (χ0n) is 19.9. The highest BCUT2D eigenvalue weighted by Crippen LogP contribution is 2.30. The minimum atomic E-state index is 0. The third kappa shape index (κ3) is 6.78. The van der Waals surface area contributed by atoms with E-state index in [1.807, 2.05) is 25.6 Å². The summed E-state index contributed by atoms with van der Waals surface area (Å²) in [6, 6.07) is 14.9. The molecule has 1 aliphatic heterocycles. The summed E-state index contributed by atoms with van der Waals surface area (Å²) in [6.07, 6.45) is 6.64. The Balaban J connectivity index is 0.00000324. The van der Waals surface area contributed by atoms with Gasteiger partial charge in [-0.25, -0.2) is 4.98 Å². The Morgan fingerprint density at radius 1 is 1.12 bits per heavy atom. The van der Waals surface area contributed by atoms with Crippen LogP contribution in [0.5, 0.6) is 11.5 Å². The van der Waals surface area contributed by atoms with Crippen LogP contribution >= 0.6 is 24.0 Å². The van der Waals surface area contributed by atoms with Gasteiger partial charge in [0.1, 0.15) is 11.5 Å². The highest BCUT2D eigenvalue weighted by molar-refractivity contribution is 14.0. The predicted octanol–water partition coefficient (Wildman–Crippen LogP) is 3.51. The Bertz CT molecular complexity index is 1050. The van der Waals surface area contributed by atoms with Crippen LogP contribution in [0, 0.1) is 0 Å². The number of halogens is 1. The monoisotopic (exact) mass is 576 g/mol. The molecule has 0 spiro atoms. The smallest absolute Gasteiger partial charge is 0.191 e. The van der Waals surface area contributed by atoms with Crippen LogP contribution in [0.2, 0.25) is 0 Å². The van der Waals surface area contributed by atoms with Crippen molar-refractivity contribution in [3.63, 3.8) is 0 Å². The average Bonchev–Trinajstić information content (AvgIpc) is 3.54. The van der Waals surface area contributed by atoms with Gasteiger partial charge in [0.2, 0.25) is 0 Å². The lowest BCUT2D eigenvalue weighted by molar-refractivity contribution is 0.394. The highest BCUT2D eigenvalue weighted by Gasteiger charge is 2.24. The minimum absolute atomic E-state index is 0. The van der Waals surface area contributed by atoms with Crippen molar-refractivity contribution in [3.8, 4) is 11.5 Å². The number of benzene rings is 2. The van der Waals surface area contributed by atoms with Crippen molar-refractivity contribution in [2.45, 2.75) is 25.6 Å². The highest BCUT2D eigenvalue weighted by atomic mass is 127. The van der Waals surface area contributed by atoms with Gasteiger partial charge in [-0.05, 0) is 17.5 Å². The molecule has 3 aromatic rings. The predicted molar refractivity (Wildman–Crippen MR) is 147 cm³/mol. The van der Waals surface area contributed by atoms with Crippen LogP contribution in [0.4, 0.5) is 5.69 Å². The molecule has 0 radical (unpaired) electrons. The number of hydrogen-bond acceptors (Lipinski definition) is 5. The van der Waals surface area contributed by atoms with Gasteiger partial charge in [-0.1, -0.05) is 24.3 Å². The summed E-state index contributed by atoms with van der Waals surface area (Å²) < 4.78 is 12.9. The molecule has 1 unspecified atom stereocenters. The zero-order chi connectivity index (χ0) is 23.0. The zero-order valence-corrected chi connectivity index (χ0v) is 22.2. The van der Waals surface area contributed by atoms with E-state index in [1.54, 1.807) is 20.4 Å². The molecule has 1 fully saturated rings. The maximum atomic E-state index is 5.42. The van der Waals surface area contributed by atoms with Crippen LogP contribution < -0.4 is 25.0 Å². The molecule has 1 aromatic heterocycles. The number of nitrogens with one attached hydrogen (secondary N) is 2. The van der Waals surface area contributed by atoms with Crippen molar-refractivity contribution in [3.05, 3.63) is 72.3 Å². The van der Waals surface area contributed by atoms with Gasteiger partial charge in [0.25, 0.3) is 0 Å². The number of hydrogen-bond donors (Lipinski definition) is 2. The Labute approximate surface area is 218 Å². The van der Waals surface area contributed by atoms with Gasteiger partial charge in [-0.15, -0.1) is 24.0 Å². The standard InChI is InChI=1S/C25H32N6O2.HI/c1-26-25(28-15-19-5-4-6-20(11-19)16-30-10-8-27-18-30)29-21-7-9-31(17-21)22-12-23(32-2)14-24(13-22)33-3;/h4-6,8,10-14,18,21H,7,9,15-17H2,1-3H3,(H2,26,28,29);1H. The summed E-state index contributed by atoms with van der Waals surface area (Å²) in [6.45, 7) is 3.37. The molecular weight excluding hydrogens is 543 g/mol. The second kappa shape index (κ2) is 12.5. The molecule has 9 heteroatoms. The van der Waals surface area contributed by atoms with E-state index >= 15 is 0 Å². The summed E-state index contributed by atoms with van der Waals surface area (Å²) in [5.41, 5.74) is 3.57. The average molecular weight is 576 g/mol. The van der Waals surface area contributed by atoms with Crippen LogP contribution in [0.15, 0.2) is 66.2 Å². The first-order valence-electron chi connectivity index (χ1n) is 11.2. The number of methoxy groups -OCH3 is 2. The van der Waals surface area contributed by atoms with E-state index in [-0.39, 0.29) is 24.0 Å². The molecule has 4 rings (SSSR count). The maximum Gasteiger partial charge on any atom is 0.191 e. The number of aliphatic imine (C=N–C) groups is 1. The van der Waals surface area contributed by atoms with E-state index in [2.05, 4.69) is 66.5 Å². The third-order valence-electron chi connectivity index (χ3n) is 5.83. The van der Waals surface area contributed by atoms with E-state index < -0.39 is 0 Å². The van der Waals surface area contributed by atoms with Crippen LogP contribution in [0.1, 0.15) is 17.5 Å². The van der Waals surface area contributed by atoms with Crippen molar-refractivity contribution < 1.29 is 9.47 Å². The summed E-state index contributed by atoms with van der Waals surface area (Å²) in [5.74, 6) is 2.41. The number of anilines is 1.